The van der Waals surface area contributed by atoms with Crippen molar-refractivity contribution in [2.45, 2.75) is 26.9 Å². The Morgan fingerprint density at radius 2 is 1.73 bits per heavy atom. The zero-order valence-electron chi connectivity index (χ0n) is 12.5. The first-order valence-electron chi connectivity index (χ1n) is 6.65. The van der Waals surface area contributed by atoms with Crippen LogP contribution < -0.4 is 4.74 Å². The van der Waals surface area contributed by atoms with Crippen LogP contribution in [-0.2, 0) is 14.3 Å². The summed E-state index contributed by atoms with van der Waals surface area (Å²) in [4.78, 5) is 33.2. The van der Waals surface area contributed by atoms with Crippen LogP contribution in [0, 0.1) is 16.0 Å². The molecule has 0 N–H and O–H groups in total. The second-order valence-electron chi connectivity index (χ2n) is 4.87. The molecule has 0 heterocycles. The summed E-state index contributed by atoms with van der Waals surface area (Å²) in [5, 5.41) is 10.8. The van der Waals surface area contributed by atoms with E-state index in [2.05, 4.69) is 0 Å². The zero-order chi connectivity index (χ0) is 16.7. The highest BCUT2D eigenvalue weighted by Crippen LogP contribution is 2.25. The third-order valence-electron chi connectivity index (χ3n) is 2.87. The largest absolute Gasteiger partial charge is 0.459 e. The first-order valence-corrected chi connectivity index (χ1v) is 6.65. The van der Waals surface area contributed by atoms with E-state index in [9.17, 15) is 19.7 Å². The number of carbonyl (C=O) groups is 2. The fraction of sp³-hybridized carbons (Fsp3) is 0.333. The Bertz CT molecular complexity index is 593. The third kappa shape index (κ3) is 5.35. The highest BCUT2D eigenvalue weighted by Gasteiger charge is 2.16. The predicted molar refractivity (Wildman–Crippen MR) is 78.3 cm³/mol. The first kappa shape index (κ1) is 17.4. The van der Waals surface area contributed by atoms with Gasteiger partial charge >= 0.3 is 17.6 Å². The van der Waals surface area contributed by atoms with Crippen LogP contribution >= 0.6 is 0 Å². The van der Waals surface area contributed by atoms with Crippen LogP contribution in [0.5, 0.6) is 5.75 Å². The van der Waals surface area contributed by atoms with Gasteiger partial charge in [0.15, 0.2) is 0 Å². The third-order valence-corrected chi connectivity index (χ3v) is 2.87. The summed E-state index contributed by atoms with van der Waals surface area (Å²) < 4.78 is 9.87. The molecule has 1 rings (SSSR count). The maximum absolute atomic E-state index is 11.6. The SMILES string of the molecule is CC(C)C(C)OC(=O)/C=C/C(=O)Oc1ccccc1[N+](=O)[O-]. The number of nitrogens with zero attached hydrogens (tertiary/aromatic N) is 1. The van der Waals surface area contributed by atoms with Gasteiger partial charge in [-0.2, -0.15) is 0 Å². The van der Waals surface area contributed by atoms with Gasteiger partial charge in [-0.1, -0.05) is 26.0 Å². The lowest BCUT2D eigenvalue weighted by atomic mass is 10.1. The van der Waals surface area contributed by atoms with Gasteiger partial charge in [0.25, 0.3) is 0 Å². The number of nitro groups is 1. The fourth-order valence-corrected chi connectivity index (χ4v) is 1.33. The van der Waals surface area contributed by atoms with Crippen LogP contribution in [0.2, 0.25) is 0 Å². The summed E-state index contributed by atoms with van der Waals surface area (Å²) in [6.07, 6.45) is 1.51. The minimum atomic E-state index is -0.900. The van der Waals surface area contributed by atoms with E-state index in [0.717, 1.165) is 12.2 Å². The van der Waals surface area contributed by atoms with Gasteiger partial charge in [0, 0.05) is 18.2 Å². The van der Waals surface area contributed by atoms with E-state index >= 15 is 0 Å². The molecule has 0 radical (unpaired) electrons. The molecule has 0 aromatic heterocycles. The van der Waals surface area contributed by atoms with Crippen LogP contribution in [0.3, 0.4) is 0 Å². The molecule has 0 aliphatic rings. The fourth-order valence-electron chi connectivity index (χ4n) is 1.33. The molecule has 0 spiro atoms. The second kappa shape index (κ2) is 7.92. The molecule has 7 heteroatoms. The molecular formula is C15H17NO6. The van der Waals surface area contributed by atoms with Gasteiger partial charge in [0.2, 0.25) is 5.75 Å². The Balaban J connectivity index is 2.65. The van der Waals surface area contributed by atoms with Gasteiger partial charge in [-0.05, 0) is 18.9 Å². The van der Waals surface area contributed by atoms with E-state index in [0.29, 0.717) is 0 Å². The molecule has 0 aliphatic carbocycles. The number of para-hydroxylation sites is 2. The van der Waals surface area contributed by atoms with Crippen LogP contribution in [0.25, 0.3) is 0 Å². The van der Waals surface area contributed by atoms with E-state index in [1.54, 1.807) is 6.92 Å². The number of hydrogen-bond donors (Lipinski definition) is 0. The molecule has 0 amide bonds. The molecule has 0 bridgehead atoms. The maximum atomic E-state index is 11.6. The quantitative estimate of drug-likeness (QED) is 0.263. The molecule has 118 valence electrons. The zero-order valence-corrected chi connectivity index (χ0v) is 12.5. The van der Waals surface area contributed by atoms with Gasteiger partial charge in [0.05, 0.1) is 4.92 Å². The van der Waals surface area contributed by atoms with E-state index in [4.69, 9.17) is 9.47 Å². The molecule has 0 aliphatic heterocycles. The van der Waals surface area contributed by atoms with Crippen molar-refractivity contribution >= 4 is 17.6 Å². The standard InChI is InChI=1S/C15H17NO6/c1-10(2)11(3)21-14(17)8-9-15(18)22-13-7-5-4-6-12(13)16(19)20/h4-11H,1-3H3/b9-8+. The average molecular weight is 307 g/mol. The number of esters is 2. The molecule has 1 atom stereocenters. The van der Waals surface area contributed by atoms with Gasteiger partial charge in [0.1, 0.15) is 6.10 Å². The van der Waals surface area contributed by atoms with Crippen molar-refractivity contribution in [1.82, 2.24) is 0 Å². The lowest BCUT2D eigenvalue weighted by Gasteiger charge is -2.14. The van der Waals surface area contributed by atoms with E-state index in [1.165, 1.54) is 24.3 Å². The number of hydrogen-bond acceptors (Lipinski definition) is 6. The van der Waals surface area contributed by atoms with E-state index < -0.39 is 16.9 Å². The van der Waals surface area contributed by atoms with Gasteiger partial charge in [-0.3, -0.25) is 10.1 Å². The molecule has 22 heavy (non-hydrogen) atoms. The van der Waals surface area contributed by atoms with Crippen molar-refractivity contribution in [2.75, 3.05) is 0 Å². The minimum Gasteiger partial charge on any atom is -0.459 e. The Kier molecular flexibility index (Phi) is 6.25. The maximum Gasteiger partial charge on any atom is 0.336 e. The van der Waals surface area contributed by atoms with Crippen LogP contribution in [0.15, 0.2) is 36.4 Å². The van der Waals surface area contributed by atoms with Crippen LogP contribution in [-0.4, -0.2) is 23.0 Å². The van der Waals surface area contributed by atoms with E-state index in [1.807, 2.05) is 13.8 Å². The number of ether oxygens (including phenoxy) is 2. The molecule has 0 saturated heterocycles. The number of nitro benzene ring substituents is 1. The van der Waals surface area contributed by atoms with Crippen molar-refractivity contribution in [2.24, 2.45) is 5.92 Å². The lowest BCUT2D eigenvalue weighted by Crippen LogP contribution is -2.19. The number of benzene rings is 1. The van der Waals surface area contributed by atoms with E-state index in [-0.39, 0.29) is 23.5 Å². The minimum absolute atomic E-state index is 0.149. The van der Waals surface area contributed by atoms with Crippen molar-refractivity contribution < 1.29 is 24.0 Å². The number of rotatable bonds is 6. The van der Waals surface area contributed by atoms with Crippen LogP contribution in [0.1, 0.15) is 20.8 Å². The molecule has 1 aromatic rings. The Labute approximate surface area is 127 Å². The van der Waals surface area contributed by atoms with Crippen molar-refractivity contribution in [3.05, 3.63) is 46.5 Å². The average Bonchev–Trinajstić information content (AvgIpc) is 2.45. The summed E-state index contributed by atoms with van der Waals surface area (Å²) in [6.45, 7) is 5.52. The summed E-state index contributed by atoms with van der Waals surface area (Å²) in [5.41, 5.74) is -0.333. The van der Waals surface area contributed by atoms with Crippen molar-refractivity contribution in [1.29, 1.82) is 0 Å². The van der Waals surface area contributed by atoms with Crippen molar-refractivity contribution in [3.8, 4) is 5.75 Å². The summed E-state index contributed by atoms with van der Waals surface area (Å²) >= 11 is 0. The van der Waals surface area contributed by atoms with Crippen molar-refractivity contribution in [3.63, 3.8) is 0 Å². The molecule has 0 fully saturated rings. The van der Waals surface area contributed by atoms with Gasteiger partial charge in [-0.25, -0.2) is 9.59 Å². The first-order chi connectivity index (χ1) is 10.3. The monoisotopic (exact) mass is 307 g/mol. The molecule has 0 saturated carbocycles. The Hall–Kier alpha value is -2.70. The molecule has 7 nitrogen and oxygen atoms in total. The second-order valence-corrected chi connectivity index (χ2v) is 4.87. The molecule has 1 unspecified atom stereocenters. The summed E-state index contributed by atoms with van der Waals surface area (Å²) in [5.74, 6) is -1.62. The number of carbonyl (C=O) groups excluding carboxylic acids is 2. The Morgan fingerprint density at radius 3 is 2.32 bits per heavy atom. The molecular weight excluding hydrogens is 290 g/mol. The predicted octanol–water partition coefficient (Wildman–Crippen LogP) is 2.64. The highest BCUT2D eigenvalue weighted by atomic mass is 16.6. The molecule has 1 aromatic carbocycles. The normalized spacial score (nSPS) is 12.2. The highest BCUT2D eigenvalue weighted by molar-refractivity contribution is 5.92. The van der Waals surface area contributed by atoms with Gasteiger partial charge < -0.3 is 9.47 Å². The lowest BCUT2D eigenvalue weighted by molar-refractivity contribution is -0.385. The van der Waals surface area contributed by atoms with Crippen LogP contribution in [0.4, 0.5) is 5.69 Å². The Morgan fingerprint density at radius 1 is 1.14 bits per heavy atom. The smallest absolute Gasteiger partial charge is 0.336 e. The topological polar surface area (TPSA) is 95.7 Å². The summed E-state index contributed by atoms with van der Waals surface area (Å²) in [6, 6.07) is 5.46. The summed E-state index contributed by atoms with van der Waals surface area (Å²) in [7, 11) is 0. The van der Waals surface area contributed by atoms with Gasteiger partial charge in [-0.15, -0.1) is 0 Å².